The summed E-state index contributed by atoms with van der Waals surface area (Å²) < 4.78 is 0. The van der Waals surface area contributed by atoms with E-state index in [1.807, 2.05) is 0 Å². The highest BCUT2D eigenvalue weighted by Crippen LogP contribution is 2.33. The molecule has 2 heterocycles. The Hall–Kier alpha value is -3.62. The van der Waals surface area contributed by atoms with Crippen LogP contribution in [0.2, 0.25) is 0 Å². The Morgan fingerprint density at radius 2 is 1.83 bits per heavy atom. The van der Waals surface area contributed by atoms with Gasteiger partial charge in [0.15, 0.2) is 0 Å². The molecule has 9 nitrogen and oxygen atoms in total. The summed E-state index contributed by atoms with van der Waals surface area (Å²) in [6.07, 6.45) is 1.38. The average molecular weight is 314 g/mol. The van der Waals surface area contributed by atoms with Gasteiger partial charge in [-0.15, -0.1) is 0 Å². The summed E-state index contributed by atoms with van der Waals surface area (Å²) in [7, 11) is 0. The molecule has 9 heteroatoms. The number of para-hydroxylation sites is 1. The van der Waals surface area contributed by atoms with Gasteiger partial charge >= 0.3 is 11.9 Å². The van der Waals surface area contributed by atoms with E-state index in [-0.39, 0.29) is 11.1 Å². The van der Waals surface area contributed by atoms with Crippen molar-refractivity contribution in [3.63, 3.8) is 0 Å². The molecule has 0 radical (unpaired) electrons. The van der Waals surface area contributed by atoms with Crippen LogP contribution < -0.4 is 11.3 Å². The smallest absolute Gasteiger partial charge is 0.342 e. The van der Waals surface area contributed by atoms with E-state index in [4.69, 9.17) is 5.73 Å². The van der Waals surface area contributed by atoms with Gasteiger partial charge in [0, 0.05) is 11.1 Å². The van der Waals surface area contributed by atoms with Crippen LogP contribution in [-0.2, 0) is 0 Å². The van der Waals surface area contributed by atoms with E-state index < -0.39 is 34.4 Å². The van der Waals surface area contributed by atoms with Crippen LogP contribution in [0.25, 0.3) is 22.2 Å². The maximum absolute atomic E-state index is 12.0. The SMILES string of the molecule is Nc1[nH]c(=O)c(C(=O)O)c(-c2cccc3[nH]cnc23)c1C(=O)O. The third-order valence-electron chi connectivity index (χ3n) is 3.39. The van der Waals surface area contributed by atoms with Crippen LogP contribution in [0.15, 0.2) is 29.3 Å². The zero-order chi connectivity index (χ0) is 16.7. The van der Waals surface area contributed by atoms with Crippen molar-refractivity contribution in [3.05, 3.63) is 46.0 Å². The Morgan fingerprint density at radius 3 is 2.48 bits per heavy atom. The second-order valence-corrected chi connectivity index (χ2v) is 4.71. The summed E-state index contributed by atoms with van der Waals surface area (Å²) in [4.78, 5) is 44.0. The van der Waals surface area contributed by atoms with Crippen LogP contribution in [-0.4, -0.2) is 37.1 Å². The Balaban J connectivity index is 2.56. The number of benzene rings is 1. The fraction of sp³-hybridized carbons (Fsp3) is 0. The van der Waals surface area contributed by atoms with Gasteiger partial charge in [-0.25, -0.2) is 14.6 Å². The average Bonchev–Trinajstić information content (AvgIpc) is 2.93. The molecule has 0 atom stereocenters. The summed E-state index contributed by atoms with van der Waals surface area (Å²) in [6.45, 7) is 0. The standard InChI is InChI=1S/C14H10N4O5/c15-11-8(13(20)21)7(9(14(22)23)12(19)18-11)5-2-1-3-6-10(5)17-4-16-6/h1-4H,(H,16,17)(H,20,21)(H,22,23)(H3,15,18,19). The quantitative estimate of drug-likeness (QED) is 0.479. The number of anilines is 1. The Bertz CT molecular complexity index is 1020. The normalized spacial score (nSPS) is 10.8. The highest BCUT2D eigenvalue weighted by Gasteiger charge is 2.27. The second-order valence-electron chi connectivity index (χ2n) is 4.71. The number of rotatable bonds is 3. The highest BCUT2D eigenvalue weighted by molar-refractivity contribution is 6.10. The summed E-state index contributed by atoms with van der Waals surface area (Å²) in [6, 6.07) is 4.75. The third-order valence-corrected chi connectivity index (χ3v) is 3.39. The van der Waals surface area contributed by atoms with E-state index in [0.29, 0.717) is 11.0 Å². The van der Waals surface area contributed by atoms with Crippen LogP contribution in [0.1, 0.15) is 20.7 Å². The highest BCUT2D eigenvalue weighted by atomic mass is 16.4. The number of aromatic carboxylic acids is 2. The molecule has 0 spiro atoms. The van der Waals surface area contributed by atoms with Crippen molar-refractivity contribution in [1.29, 1.82) is 0 Å². The molecular formula is C14H10N4O5. The predicted octanol–water partition coefficient (Wildman–Crippen LogP) is 0.897. The minimum atomic E-state index is -1.56. The first kappa shape index (κ1) is 14.3. The first-order valence-corrected chi connectivity index (χ1v) is 6.36. The number of carbonyl (C=O) groups is 2. The largest absolute Gasteiger partial charge is 0.478 e. The number of aromatic nitrogens is 3. The molecule has 6 N–H and O–H groups in total. The van der Waals surface area contributed by atoms with Gasteiger partial charge in [0.25, 0.3) is 5.56 Å². The Labute approximate surface area is 127 Å². The maximum atomic E-state index is 12.0. The minimum Gasteiger partial charge on any atom is -0.478 e. The zero-order valence-corrected chi connectivity index (χ0v) is 11.5. The Kier molecular flexibility index (Phi) is 3.10. The van der Waals surface area contributed by atoms with Gasteiger partial charge in [-0.1, -0.05) is 12.1 Å². The first-order valence-electron chi connectivity index (χ1n) is 6.36. The van der Waals surface area contributed by atoms with E-state index in [0.717, 1.165) is 0 Å². The van der Waals surface area contributed by atoms with E-state index in [1.54, 1.807) is 12.1 Å². The number of carboxylic acids is 2. The number of hydrogen-bond donors (Lipinski definition) is 5. The monoisotopic (exact) mass is 314 g/mol. The van der Waals surface area contributed by atoms with Gasteiger partial charge in [0.1, 0.15) is 16.9 Å². The fourth-order valence-electron chi connectivity index (χ4n) is 2.48. The number of aromatic amines is 2. The summed E-state index contributed by atoms with van der Waals surface area (Å²) >= 11 is 0. The molecule has 0 fully saturated rings. The maximum Gasteiger partial charge on any atom is 0.342 e. The van der Waals surface area contributed by atoms with E-state index in [2.05, 4.69) is 15.0 Å². The molecule has 0 aliphatic carbocycles. The third kappa shape index (κ3) is 2.11. The molecule has 1 aromatic carbocycles. The molecule has 3 aromatic rings. The van der Waals surface area contributed by atoms with Crippen molar-refractivity contribution in [2.24, 2.45) is 0 Å². The number of carboxylic acid groups (broad SMARTS) is 2. The van der Waals surface area contributed by atoms with E-state index in [1.165, 1.54) is 12.4 Å². The van der Waals surface area contributed by atoms with Crippen LogP contribution in [0.3, 0.4) is 0 Å². The van der Waals surface area contributed by atoms with Gasteiger partial charge in [-0.3, -0.25) is 4.79 Å². The van der Waals surface area contributed by atoms with Crippen LogP contribution in [0.4, 0.5) is 5.82 Å². The molecule has 0 unspecified atom stereocenters. The number of nitrogens with one attached hydrogen (secondary N) is 2. The lowest BCUT2D eigenvalue weighted by Crippen LogP contribution is -2.24. The molecule has 0 amide bonds. The Morgan fingerprint density at radius 1 is 1.13 bits per heavy atom. The van der Waals surface area contributed by atoms with Crippen LogP contribution in [0.5, 0.6) is 0 Å². The molecule has 23 heavy (non-hydrogen) atoms. The lowest BCUT2D eigenvalue weighted by molar-refractivity contribution is 0.0695. The van der Waals surface area contributed by atoms with Crippen molar-refractivity contribution in [2.45, 2.75) is 0 Å². The summed E-state index contributed by atoms with van der Waals surface area (Å²) in [5.74, 6) is -3.44. The fourth-order valence-corrected chi connectivity index (χ4v) is 2.48. The minimum absolute atomic E-state index is 0.191. The van der Waals surface area contributed by atoms with Gasteiger partial charge in [-0.2, -0.15) is 0 Å². The van der Waals surface area contributed by atoms with Crippen LogP contribution >= 0.6 is 0 Å². The topological polar surface area (TPSA) is 162 Å². The van der Waals surface area contributed by atoms with Gasteiger partial charge in [0.2, 0.25) is 0 Å². The first-order chi connectivity index (χ1) is 10.9. The number of H-pyrrole nitrogens is 2. The zero-order valence-electron chi connectivity index (χ0n) is 11.5. The van der Waals surface area contributed by atoms with Crippen LogP contribution in [0, 0.1) is 0 Å². The molecule has 0 bridgehead atoms. The second kappa shape index (κ2) is 4.98. The van der Waals surface area contributed by atoms with Crippen molar-refractivity contribution < 1.29 is 19.8 Å². The molecule has 3 rings (SSSR count). The van der Waals surface area contributed by atoms with E-state index in [9.17, 15) is 24.6 Å². The summed E-state index contributed by atoms with van der Waals surface area (Å²) in [5, 5.41) is 18.8. The van der Waals surface area contributed by atoms with Gasteiger partial charge in [-0.05, 0) is 6.07 Å². The molecule has 0 saturated carbocycles. The number of nitrogens with two attached hydrogens (primary N) is 1. The van der Waals surface area contributed by atoms with Crippen molar-refractivity contribution in [1.82, 2.24) is 15.0 Å². The van der Waals surface area contributed by atoms with Crippen molar-refractivity contribution >= 4 is 28.8 Å². The molecule has 2 aromatic heterocycles. The summed E-state index contributed by atoms with van der Waals surface area (Å²) in [5.41, 5.74) is 4.23. The number of fused-ring (bicyclic) bond motifs is 1. The number of pyridine rings is 1. The van der Waals surface area contributed by atoms with E-state index >= 15 is 0 Å². The number of hydrogen-bond acceptors (Lipinski definition) is 5. The van der Waals surface area contributed by atoms with Crippen molar-refractivity contribution in [3.8, 4) is 11.1 Å². The van der Waals surface area contributed by atoms with Gasteiger partial charge < -0.3 is 25.9 Å². The number of nitrogen functional groups attached to an aromatic ring is 1. The molecule has 0 saturated heterocycles. The lowest BCUT2D eigenvalue weighted by atomic mass is 9.94. The number of nitrogens with zero attached hydrogens (tertiary/aromatic N) is 1. The molecule has 0 aliphatic heterocycles. The molecular weight excluding hydrogens is 304 g/mol. The van der Waals surface area contributed by atoms with Crippen molar-refractivity contribution in [2.75, 3.05) is 5.73 Å². The molecule has 116 valence electrons. The predicted molar refractivity (Wildman–Crippen MR) is 80.5 cm³/mol. The molecule has 0 aliphatic rings. The van der Waals surface area contributed by atoms with Gasteiger partial charge in [0.05, 0.1) is 17.4 Å². The number of imidazole rings is 1. The lowest BCUT2D eigenvalue weighted by Gasteiger charge is -2.12.